The monoisotopic (exact) mass is 915 g/mol. The zero-order chi connectivity index (χ0) is 47.0. The van der Waals surface area contributed by atoms with Gasteiger partial charge in [-0.25, -0.2) is 0 Å². The molecule has 0 radical (unpaired) electrons. The highest BCUT2D eigenvalue weighted by atomic mass is 16.6. The van der Waals surface area contributed by atoms with Gasteiger partial charge in [-0.1, -0.05) is 295 Å². The van der Waals surface area contributed by atoms with Crippen molar-refractivity contribution in [3.63, 3.8) is 0 Å². The predicted octanol–water partition coefficient (Wildman–Crippen LogP) is 19.7. The molecule has 0 heterocycles. The van der Waals surface area contributed by atoms with Crippen LogP contribution >= 0.6 is 0 Å². The van der Waals surface area contributed by atoms with Crippen LogP contribution in [0.4, 0.5) is 0 Å². The lowest BCUT2D eigenvalue weighted by atomic mass is 10.0. The highest BCUT2D eigenvalue weighted by Crippen LogP contribution is 2.18. The normalized spacial score (nSPS) is 12.2. The SMILES string of the molecule is CCCCCCC/C=C\C/C=C\CCCCCCCCCCCCCCCCCCCCCCCCCC(=O)OC(CO)COC(=O)CCCCCCCCCCCCCCCCCC. The van der Waals surface area contributed by atoms with Crippen LogP contribution in [0.1, 0.15) is 328 Å². The summed E-state index contributed by atoms with van der Waals surface area (Å²) in [6.07, 6.45) is 71.7. The summed E-state index contributed by atoms with van der Waals surface area (Å²) in [5, 5.41) is 9.64. The molecule has 0 amide bonds. The number of unbranched alkanes of at least 4 members (excludes halogenated alkanes) is 43. The molecule has 0 aliphatic heterocycles. The highest BCUT2D eigenvalue weighted by Gasteiger charge is 2.16. The van der Waals surface area contributed by atoms with Gasteiger partial charge in [0.15, 0.2) is 6.10 Å². The topological polar surface area (TPSA) is 72.8 Å². The second-order valence-corrected chi connectivity index (χ2v) is 20.1. The first-order valence-corrected chi connectivity index (χ1v) is 29.4. The van der Waals surface area contributed by atoms with E-state index < -0.39 is 6.10 Å². The van der Waals surface area contributed by atoms with Gasteiger partial charge < -0.3 is 14.6 Å². The van der Waals surface area contributed by atoms with Crippen molar-refractivity contribution in [2.45, 2.75) is 335 Å². The molecule has 5 nitrogen and oxygen atoms in total. The molecule has 0 spiro atoms. The molecule has 65 heavy (non-hydrogen) atoms. The molecular weight excluding hydrogens is 801 g/mol. The second-order valence-electron chi connectivity index (χ2n) is 20.1. The number of allylic oxidation sites excluding steroid dienone is 4. The number of esters is 2. The molecule has 0 aliphatic carbocycles. The molecule has 0 rings (SSSR count). The molecule has 0 aromatic rings. The van der Waals surface area contributed by atoms with Crippen LogP contribution < -0.4 is 0 Å². The minimum atomic E-state index is -0.766. The van der Waals surface area contributed by atoms with Crippen molar-refractivity contribution in [1.29, 1.82) is 0 Å². The fraction of sp³-hybridized carbons (Fsp3) is 0.900. The number of carbonyl (C=O) groups excluding carboxylic acids is 2. The molecule has 0 aliphatic rings. The molecule has 5 heteroatoms. The van der Waals surface area contributed by atoms with E-state index in [2.05, 4.69) is 38.2 Å². The lowest BCUT2D eigenvalue weighted by molar-refractivity contribution is -0.161. The summed E-state index contributed by atoms with van der Waals surface area (Å²) < 4.78 is 10.7. The third kappa shape index (κ3) is 54.9. The summed E-state index contributed by atoms with van der Waals surface area (Å²) in [5.41, 5.74) is 0. The van der Waals surface area contributed by atoms with Crippen LogP contribution in [0.2, 0.25) is 0 Å². The average molecular weight is 916 g/mol. The van der Waals surface area contributed by atoms with Crippen molar-refractivity contribution < 1.29 is 24.2 Å². The highest BCUT2D eigenvalue weighted by molar-refractivity contribution is 5.70. The average Bonchev–Trinajstić information content (AvgIpc) is 3.31. The van der Waals surface area contributed by atoms with Crippen LogP contribution in [0.3, 0.4) is 0 Å². The van der Waals surface area contributed by atoms with Gasteiger partial charge in [-0.05, 0) is 44.9 Å². The summed E-state index contributed by atoms with van der Waals surface area (Å²) in [6, 6.07) is 0. The van der Waals surface area contributed by atoms with E-state index in [0.29, 0.717) is 12.8 Å². The minimum absolute atomic E-state index is 0.0579. The Kier molecular flexibility index (Phi) is 55.3. The molecule has 0 aromatic heterocycles. The lowest BCUT2D eigenvalue weighted by Gasteiger charge is -2.15. The van der Waals surface area contributed by atoms with Crippen LogP contribution in [0, 0.1) is 0 Å². The van der Waals surface area contributed by atoms with Crippen LogP contribution in [-0.4, -0.2) is 36.4 Å². The molecule has 1 unspecified atom stereocenters. The Morgan fingerprint density at radius 2 is 0.615 bits per heavy atom. The summed E-state index contributed by atoms with van der Waals surface area (Å²) in [6.45, 7) is 4.18. The maximum Gasteiger partial charge on any atom is 0.306 e. The van der Waals surface area contributed by atoms with E-state index in [4.69, 9.17) is 9.47 Å². The largest absolute Gasteiger partial charge is 0.462 e. The Bertz CT molecular complexity index is 990. The van der Waals surface area contributed by atoms with Crippen molar-refractivity contribution in [2.75, 3.05) is 13.2 Å². The number of hydrogen-bond acceptors (Lipinski definition) is 5. The number of ether oxygens (including phenoxy) is 2. The number of aliphatic hydroxyl groups is 1. The van der Waals surface area contributed by atoms with Crippen molar-refractivity contribution >= 4 is 11.9 Å². The Labute approximate surface area is 406 Å². The third-order valence-corrected chi connectivity index (χ3v) is 13.5. The maximum atomic E-state index is 12.3. The molecule has 384 valence electrons. The standard InChI is InChI=1S/C60H114O5/c1-3-5-7-9-11-13-15-17-19-21-22-23-24-25-26-27-28-29-30-31-32-33-34-35-36-37-38-39-41-43-45-47-49-51-53-55-60(63)65-58(56-61)57-64-59(62)54-52-50-48-46-44-42-40-20-18-16-14-12-10-8-6-4-2/h15,17,21-22,58,61H,3-14,16,18-20,23-57H2,1-2H3/b17-15-,22-21-. The first kappa shape index (κ1) is 63.4. The predicted molar refractivity (Wildman–Crippen MR) is 284 cm³/mol. The summed E-state index contributed by atoms with van der Waals surface area (Å²) in [5.74, 6) is -0.569. The molecule has 0 fully saturated rings. The number of aliphatic hydroxyl groups excluding tert-OH is 1. The number of carbonyl (C=O) groups is 2. The number of hydrogen-bond donors (Lipinski definition) is 1. The van der Waals surface area contributed by atoms with Crippen LogP contribution in [0.25, 0.3) is 0 Å². The molecule has 0 saturated heterocycles. The molecular formula is C60H114O5. The zero-order valence-corrected chi connectivity index (χ0v) is 44.0. The second kappa shape index (κ2) is 56.7. The van der Waals surface area contributed by atoms with E-state index >= 15 is 0 Å². The van der Waals surface area contributed by atoms with E-state index in [-0.39, 0.29) is 25.2 Å². The maximum absolute atomic E-state index is 12.3. The van der Waals surface area contributed by atoms with Gasteiger partial charge in [-0.3, -0.25) is 9.59 Å². The smallest absolute Gasteiger partial charge is 0.306 e. The molecule has 0 aromatic carbocycles. The van der Waals surface area contributed by atoms with E-state index in [1.54, 1.807) is 0 Å². The zero-order valence-electron chi connectivity index (χ0n) is 44.0. The van der Waals surface area contributed by atoms with E-state index in [9.17, 15) is 14.7 Å². The Balaban J connectivity index is 3.38. The van der Waals surface area contributed by atoms with Gasteiger partial charge >= 0.3 is 11.9 Å². The Hall–Kier alpha value is -1.62. The van der Waals surface area contributed by atoms with Crippen molar-refractivity contribution in [1.82, 2.24) is 0 Å². The molecule has 1 atom stereocenters. The van der Waals surface area contributed by atoms with Gasteiger partial charge in [-0.15, -0.1) is 0 Å². The van der Waals surface area contributed by atoms with Crippen LogP contribution in [0.15, 0.2) is 24.3 Å². The van der Waals surface area contributed by atoms with Gasteiger partial charge in [0.25, 0.3) is 0 Å². The van der Waals surface area contributed by atoms with Gasteiger partial charge in [0.1, 0.15) is 6.61 Å². The fourth-order valence-corrected chi connectivity index (χ4v) is 9.06. The van der Waals surface area contributed by atoms with E-state index in [1.165, 1.54) is 263 Å². The first-order chi connectivity index (χ1) is 32.1. The first-order valence-electron chi connectivity index (χ1n) is 29.4. The summed E-state index contributed by atoms with van der Waals surface area (Å²) in [7, 11) is 0. The van der Waals surface area contributed by atoms with Gasteiger partial charge in [-0.2, -0.15) is 0 Å². The molecule has 0 bridgehead atoms. The fourth-order valence-electron chi connectivity index (χ4n) is 9.06. The van der Waals surface area contributed by atoms with Crippen LogP contribution in [0.5, 0.6) is 0 Å². The minimum Gasteiger partial charge on any atom is -0.462 e. The van der Waals surface area contributed by atoms with Gasteiger partial charge in [0.2, 0.25) is 0 Å². The van der Waals surface area contributed by atoms with E-state index in [0.717, 1.165) is 38.5 Å². The Morgan fingerprint density at radius 3 is 0.908 bits per heavy atom. The Morgan fingerprint density at radius 1 is 0.354 bits per heavy atom. The quantitative estimate of drug-likeness (QED) is 0.0374. The number of rotatable bonds is 55. The van der Waals surface area contributed by atoms with Crippen molar-refractivity contribution in [3.8, 4) is 0 Å². The summed E-state index contributed by atoms with van der Waals surface area (Å²) in [4.78, 5) is 24.5. The van der Waals surface area contributed by atoms with Crippen LogP contribution in [-0.2, 0) is 19.1 Å². The van der Waals surface area contributed by atoms with Crippen molar-refractivity contribution in [3.05, 3.63) is 24.3 Å². The lowest BCUT2D eigenvalue weighted by Crippen LogP contribution is -2.28. The molecule has 0 saturated carbocycles. The van der Waals surface area contributed by atoms with Gasteiger partial charge in [0, 0.05) is 12.8 Å². The van der Waals surface area contributed by atoms with E-state index in [1.807, 2.05) is 0 Å². The van der Waals surface area contributed by atoms with Crippen molar-refractivity contribution in [2.24, 2.45) is 0 Å². The summed E-state index contributed by atoms with van der Waals surface area (Å²) >= 11 is 0. The molecule has 1 N–H and O–H groups in total. The van der Waals surface area contributed by atoms with Gasteiger partial charge in [0.05, 0.1) is 6.61 Å². The third-order valence-electron chi connectivity index (χ3n) is 13.5.